The Labute approximate surface area is 207 Å². The number of rotatable bonds is 5. The largest absolute Gasteiger partial charge is 0.417 e. The van der Waals surface area contributed by atoms with Crippen LogP contribution in [0.5, 0.6) is 0 Å². The minimum absolute atomic E-state index is 0.117. The molecule has 2 aliphatic rings. The van der Waals surface area contributed by atoms with Crippen LogP contribution in [-0.2, 0) is 17.5 Å². The first-order valence-electron chi connectivity index (χ1n) is 11.9. The Hall–Kier alpha value is -3.74. The number of benzene rings is 2. The molecular formula is C26H28F3N5O2. The van der Waals surface area contributed by atoms with Gasteiger partial charge in [-0.2, -0.15) is 18.4 Å². The van der Waals surface area contributed by atoms with Crippen LogP contribution in [0.4, 0.5) is 23.7 Å². The average Bonchev–Trinajstić information content (AvgIpc) is 3.33. The van der Waals surface area contributed by atoms with Crippen molar-refractivity contribution in [2.45, 2.75) is 25.6 Å². The Morgan fingerprint density at radius 3 is 2.39 bits per heavy atom. The highest BCUT2D eigenvalue weighted by atomic mass is 19.4. The highest BCUT2D eigenvalue weighted by molar-refractivity contribution is 5.79. The summed E-state index contributed by atoms with van der Waals surface area (Å²) in [5.41, 5.74) is 5.58. The molecular weight excluding hydrogens is 471 g/mol. The van der Waals surface area contributed by atoms with E-state index >= 15 is 0 Å². The molecule has 7 nitrogen and oxygen atoms in total. The number of alkyl halides is 3. The van der Waals surface area contributed by atoms with Gasteiger partial charge in [0.25, 0.3) is 0 Å². The van der Waals surface area contributed by atoms with Crippen LogP contribution in [0.3, 0.4) is 0 Å². The van der Waals surface area contributed by atoms with Crippen molar-refractivity contribution in [3.8, 4) is 6.07 Å². The molecule has 36 heavy (non-hydrogen) atoms. The molecule has 3 N–H and O–H groups in total. The molecule has 2 aliphatic heterocycles. The molecule has 2 heterocycles. The summed E-state index contributed by atoms with van der Waals surface area (Å²) < 4.78 is 40.3. The quantitative estimate of drug-likeness (QED) is 0.654. The van der Waals surface area contributed by atoms with Crippen molar-refractivity contribution >= 4 is 17.6 Å². The summed E-state index contributed by atoms with van der Waals surface area (Å²) in [6.45, 7) is 2.11. The van der Waals surface area contributed by atoms with Gasteiger partial charge in [-0.05, 0) is 48.4 Å². The molecule has 2 aromatic rings. The topological polar surface area (TPSA) is 102 Å². The summed E-state index contributed by atoms with van der Waals surface area (Å²) in [5, 5.41) is 12.0. The summed E-state index contributed by atoms with van der Waals surface area (Å²) in [7, 11) is 0. The Balaban J connectivity index is 1.40. The molecule has 0 aliphatic carbocycles. The van der Waals surface area contributed by atoms with Crippen molar-refractivity contribution in [2.24, 2.45) is 23.5 Å². The fourth-order valence-electron chi connectivity index (χ4n) is 5.30. The van der Waals surface area contributed by atoms with E-state index in [1.165, 1.54) is 6.07 Å². The molecule has 0 aromatic heterocycles. The van der Waals surface area contributed by atoms with Gasteiger partial charge in [-0.15, -0.1) is 0 Å². The number of piperidine rings is 1. The molecule has 0 bridgehead atoms. The number of halogens is 3. The fourth-order valence-corrected chi connectivity index (χ4v) is 5.30. The van der Waals surface area contributed by atoms with E-state index < -0.39 is 29.1 Å². The number of urea groups is 1. The third kappa shape index (κ3) is 5.56. The monoisotopic (exact) mass is 499 g/mol. The van der Waals surface area contributed by atoms with E-state index in [0.717, 1.165) is 17.7 Å². The SMILES string of the molecule is N#Cc1ccc(N2CC(C(N)=O)C(C3CCN(C(=O)NCc4ccccc4)CC3)C2)cc1C(F)(F)F. The lowest BCUT2D eigenvalue weighted by Crippen LogP contribution is -2.46. The molecule has 2 unspecified atom stereocenters. The van der Waals surface area contributed by atoms with Gasteiger partial charge in [-0.1, -0.05) is 30.3 Å². The third-order valence-corrected chi connectivity index (χ3v) is 7.24. The van der Waals surface area contributed by atoms with E-state index in [4.69, 9.17) is 11.0 Å². The number of hydrogen-bond donors (Lipinski definition) is 2. The van der Waals surface area contributed by atoms with Gasteiger partial charge < -0.3 is 20.9 Å². The van der Waals surface area contributed by atoms with Crippen LogP contribution in [0.2, 0.25) is 0 Å². The van der Waals surface area contributed by atoms with Crippen LogP contribution in [0.1, 0.15) is 29.5 Å². The van der Waals surface area contributed by atoms with Gasteiger partial charge in [0.05, 0.1) is 23.1 Å². The van der Waals surface area contributed by atoms with Gasteiger partial charge in [0.15, 0.2) is 0 Å². The number of likely N-dealkylation sites (tertiary alicyclic amines) is 1. The molecule has 0 spiro atoms. The predicted octanol–water partition coefficient (Wildman–Crippen LogP) is 3.74. The first kappa shape index (κ1) is 25.4. The minimum atomic E-state index is -4.66. The lowest BCUT2D eigenvalue weighted by atomic mass is 9.78. The van der Waals surface area contributed by atoms with Crippen LogP contribution in [0, 0.1) is 29.1 Å². The lowest BCUT2D eigenvalue weighted by molar-refractivity contribution is -0.137. The van der Waals surface area contributed by atoms with Gasteiger partial charge in [0.2, 0.25) is 5.91 Å². The number of nitrogens with one attached hydrogen (secondary N) is 1. The standard InChI is InChI=1S/C26H28F3N5O2/c27-26(28,29)23-12-20(7-6-19(23)13-30)34-15-21(22(16-34)24(31)35)18-8-10-33(11-9-18)25(36)32-14-17-4-2-1-3-5-17/h1-7,12,18,21-22H,8-11,14-16H2,(H2,31,35)(H,32,36). The fraction of sp³-hybridized carbons (Fsp3) is 0.423. The summed E-state index contributed by atoms with van der Waals surface area (Å²) >= 11 is 0. The van der Waals surface area contributed by atoms with Crippen LogP contribution >= 0.6 is 0 Å². The zero-order chi connectivity index (χ0) is 25.9. The molecule has 10 heteroatoms. The van der Waals surface area contributed by atoms with Crippen molar-refractivity contribution in [3.05, 3.63) is 65.2 Å². The molecule has 0 saturated carbocycles. The number of primary amides is 1. The molecule has 2 fully saturated rings. The number of nitriles is 1. The smallest absolute Gasteiger partial charge is 0.370 e. The normalized spacial score (nSPS) is 20.7. The van der Waals surface area contributed by atoms with E-state index in [2.05, 4.69) is 5.32 Å². The lowest BCUT2D eigenvalue weighted by Gasteiger charge is -2.36. The van der Waals surface area contributed by atoms with E-state index in [9.17, 15) is 22.8 Å². The average molecular weight is 500 g/mol. The maximum atomic E-state index is 13.4. The Bertz CT molecular complexity index is 1140. The van der Waals surface area contributed by atoms with Gasteiger partial charge in [-0.3, -0.25) is 4.79 Å². The van der Waals surface area contributed by atoms with E-state index in [0.29, 0.717) is 44.7 Å². The van der Waals surface area contributed by atoms with Crippen LogP contribution in [-0.4, -0.2) is 43.0 Å². The van der Waals surface area contributed by atoms with Gasteiger partial charge in [-0.25, -0.2) is 4.79 Å². The number of amides is 3. The number of nitrogens with zero attached hydrogens (tertiary/aromatic N) is 3. The maximum absolute atomic E-state index is 13.4. The second-order valence-electron chi connectivity index (χ2n) is 9.39. The zero-order valence-electron chi connectivity index (χ0n) is 19.7. The predicted molar refractivity (Wildman–Crippen MR) is 128 cm³/mol. The zero-order valence-corrected chi connectivity index (χ0v) is 19.7. The van der Waals surface area contributed by atoms with Crippen LogP contribution < -0.4 is 16.0 Å². The first-order valence-corrected chi connectivity index (χ1v) is 11.9. The summed E-state index contributed by atoms with van der Waals surface area (Å²) in [6, 6.07) is 14.7. The van der Waals surface area contributed by atoms with Crippen molar-refractivity contribution in [1.82, 2.24) is 10.2 Å². The van der Waals surface area contributed by atoms with Crippen molar-refractivity contribution in [2.75, 3.05) is 31.1 Å². The molecule has 190 valence electrons. The number of hydrogen-bond acceptors (Lipinski definition) is 4. The first-order chi connectivity index (χ1) is 17.2. The molecule has 2 atom stereocenters. The summed E-state index contributed by atoms with van der Waals surface area (Å²) in [4.78, 5) is 28.3. The van der Waals surface area contributed by atoms with E-state index in [1.807, 2.05) is 30.3 Å². The summed E-state index contributed by atoms with van der Waals surface area (Å²) in [5.74, 6) is -0.984. The molecule has 0 radical (unpaired) electrons. The Morgan fingerprint density at radius 2 is 1.78 bits per heavy atom. The van der Waals surface area contributed by atoms with E-state index in [1.54, 1.807) is 15.9 Å². The Kier molecular flexibility index (Phi) is 7.38. The third-order valence-electron chi connectivity index (χ3n) is 7.24. The van der Waals surface area contributed by atoms with Crippen molar-refractivity contribution in [1.29, 1.82) is 5.26 Å². The van der Waals surface area contributed by atoms with Gasteiger partial charge in [0.1, 0.15) is 0 Å². The van der Waals surface area contributed by atoms with Gasteiger partial charge in [0, 0.05) is 38.4 Å². The number of anilines is 1. The minimum Gasteiger partial charge on any atom is -0.370 e. The highest BCUT2D eigenvalue weighted by Gasteiger charge is 2.43. The molecule has 2 saturated heterocycles. The van der Waals surface area contributed by atoms with Crippen LogP contribution in [0.15, 0.2) is 48.5 Å². The Morgan fingerprint density at radius 1 is 1.08 bits per heavy atom. The second-order valence-corrected chi connectivity index (χ2v) is 9.39. The summed E-state index contributed by atoms with van der Waals surface area (Å²) in [6.07, 6.45) is -3.29. The molecule has 4 rings (SSSR count). The van der Waals surface area contributed by atoms with E-state index in [-0.39, 0.29) is 24.4 Å². The molecule has 3 amide bonds. The number of nitrogens with two attached hydrogens (primary N) is 1. The second kappa shape index (κ2) is 10.5. The van der Waals surface area contributed by atoms with Crippen LogP contribution in [0.25, 0.3) is 0 Å². The van der Waals surface area contributed by atoms with Crippen molar-refractivity contribution < 1.29 is 22.8 Å². The van der Waals surface area contributed by atoms with Gasteiger partial charge >= 0.3 is 12.2 Å². The van der Waals surface area contributed by atoms with Crippen molar-refractivity contribution in [3.63, 3.8) is 0 Å². The number of carbonyl (C=O) groups excluding carboxylic acids is 2. The number of carbonyl (C=O) groups is 2. The highest BCUT2D eigenvalue weighted by Crippen LogP contribution is 2.40. The maximum Gasteiger partial charge on any atom is 0.417 e. The molecule has 2 aromatic carbocycles.